The Bertz CT molecular complexity index is 1150. The number of rotatable bonds is 7. The summed E-state index contributed by atoms with van der Waals surface area (Å²) in [5.41, 5.74) is 3.98. The summed E-state index contributed by atoms with van der Waals surface area (Å²) < 4.78 is 0. The number of nitrogens with zero attached hydrogens (tertiary/aromatic N) is 4. The first kappa shape index (κ1) is 22.6. The van der Waals surface area contributed by atoms with Crippen LogP contribution >= 0.6 is 11.6 Å². The summed E-state index contributed by atoms with van der Waals surface area (Å²) in [6.45, 7) is 4.19. The number of carbonyl (C=O) groups is 1. The number of hydrogen-bond donors (Lipinski definition) is 4. The second-order valence-electron chi connectivity index (χ2n) is 7.88. The van der Waals surface area contributed by atoms with Crippen molar-refractivity contribution in [1.29, 1.82) is 5.41 Å². The molecule has 4 rings (SSSR count). The van der Waals surface area contributed by atoms with Crippen LogP contribution in [0.15, 0.2) is 48.9 Å². The number of anilines is 3. The van der Waals surface area contributed by atoms with Gasteiger partial charge >= 0.3 is 6.03 Å². The highest BCUT2D eigenvalue weighted by Crippen LogP contribution is 2.22. The van der Waals surface area contributed by atoms with E-state index in [0.717, 1.165) is 36.5 Å². The molecule has 0 aliphatic carbocycles. The summed E-state index contributed by atoms with van der Waals surface area (Å²) in [6.07, 6.45) is 7.05. The molecule has 170 valence electrons. The number of amides is 2. The molecule has 2 amide bonds. The molecule has 0 saturated carbocycles. The van der Waals surface area contributed by atoms with E-state index in [0.29, 0.717) is 28.8 Å². The first-order valence-electron chi connectivity index (χ1n) is 10.6. The molecule has 9 nitrogen and oxygen atoms in total. The lowest BCUT2D eigenvalue weighted by molar-refractivity contribution is 0.247. The minimum absolute atomic E-state index is 0.0264. The number of aromatic nitrogens is 3. The van der Waals surface area contributed by atoms with Crippen LogP contribution in [0.3, 0.4) is 0 Å². The Labute approximate surface area is 197 Å². The highest BCUT2D eigenvalue weighted by Gasteiger charge is 2.24. The topological polar surface area (TPSA) is 119 Å². The second-order valence-corrected chi connectivity index (χ2v) is 8.24. The third-order valence-electron chi connectivity index (χ3n) is 5.35. The summed E-state index contributed by atoms with van der Waals surface area (Å²) in [7, 11) is 0. The van der Waals surface area contributed by atoms with Crippen LogP contribution in [0.1, 0.15) is 23.2 Å². The van der Waals surface area contributed by atoms with Crippen molar-refractivity contribution < 1.29 is 4.79 Å². The van der Waals surface area contributed by atoms with Crippen LogP contribution in [-0.4, -0.2) is 51.2 Å². The molecule has 3 aromatic rings. The molecule has 33 heavy (non-hydrogen) atoms. The summed E-state index contributed by atoms with van der Waals surface area (Å²) in [5, 5.41) is 17.2. The van der Waals surface area contributed by atoms with Gasteiger partial charge in [-0.25, -0.2) is 14.8 Å². The van der Waals surface area contributed by atoms with Gasteiger partial charge in [-0.15, -0.1) is 0 Å². The molecule has 1 atom stereocenters. The van der Waals surface area contributed by atoms with Gasteiger partial charge in [-0.2, -0.15) is 0 Å². The quantitative estimate of drug-likeness (QED) is 0.310. The molecule has 1 aliphatic heterocycles. The molecular weight excluding hydrogens is 440 g/mol. The van der Waals surface area contributed by atoms with E-state index in [1.807, 2.05) is 31.2 Å². The van der Waals surface area contributed by atoms with Crippen LogP contribution in [0.25, 0.3) is 0 Å². The van der Waals surface area contributed by atoms with E-state index in [2.05, 4.69) is 35.8 Å². The SMILES string of the molecule is Cc1cc(Nc2cnc(NC(=O)NC3CCN(Cc4cccnc4Cl)C3)cc2C=N)ccn1. The Balaban J connectivity index is 1.32. The van der Waals surface area contributed by atoms with Crippen molar-refractivity contribution in [2.24, 2.45) is 0 Å². The maximum atomic E-state index is 12.5. The Morgan fingerprint density at radius 1 is 1.27 bits per heavy atom. The molecule has 4 heterocycles. The minimum atomic E-state index is -0.324. The molecule has 1 unspecified atom stereocenters. The van der Waals surface area contributed by atoms with Crippen LogP contribution < -0.4 is 16.0 Å². The van der Waals surface area contributed by atoms with Gasteiger partial charge in [-0.1, -0.05) is 17.7 Å². The van der Waals surface area contributed by atoms with E-state index < -0.39 is 0 Å². The first-order chi connectivity index (χ1) is 16.0. The van der Waals surface area contributed by atoms with E-state index in [-0.39, 0.29) is 12.1 Å². The normalized spacial score (nSPS) is 15.8. The number of hydrogen-bond acceptors (Lipinski definition) is 7. The molecule has 0 aromatic carbocycles. The van der Waals surface area contributed by atoms with Gasteiger partial charge in [-0.3, -0.25) is 15.2 Å². The Morgan fingerprint density at radius 2 is 2.15 bits per heavy atom. The van der Waals surface area contributed by atoms with Crippen molar-refractivity contribution in [3.8, 4) is 0 Å². The van der Waals surface area contributed by atoms with Gasteiger partial charge in [0.15, 0.2) is 0 Å². The van der Waals surface area contributed by atoms with Gasteiger partial charge in [0, 0.05) is 66.8 Å². The zero-order valence-electron chi connectivity index (χ0n) is 18.2. The molecule has 10 heteroatoms. The number of carbonyl (C=O) groups excluding carboxylic acids is 1. The standard InChI is InChI=1S/C23H25ClN8O/c1-15-9-18(4-7-26-15)29-20-12-28-21(10-17(20)11-25)31-23(33)30-19-5-8-32(14-19)13-16-3-2-6-27-22(16)24/h2-4,6-7,9-12,19,25H,5,8,13-14H2,1H3,(H,26,29)(H2,28,30,31,33). The molecule has 4 N–H and O–H groups in total. The van der Waals surface area contributed by atoms with Crippen LogP contribution in [-0.2, 0) is 6.54 Å². The Hall–Kier alpha value is -3.56. The third kappa shape index (κ3) is 6.03. The maximum absolute atomic E-state index is 12.5. The summed E-state index contributed by atoms with van der Waals surface area (Å²) in [5.74, 6) is 0.374. The number of urea groups is 1. The zero-order valence-corrected chi connectivity index (χ0v) is 18.9. The van der Waals surface area contributed by atoms with Gasteiger partial charge in [0.2, 0.25) is 0 Å². The molecule has 0 bridgehead atoms. The van der Waals surface area contributed by atoms with Crippen LogP contribution in [0.5, 0.6) is 0 Å². The van der Waals surface area contributed by atoms with Crippen molar-refractivity contribution in [2.75, 3.05) is 23.7 Å². The molecule has 0 radical (unpaired) electrons. The highest BCUT2D eigenvalue weighted by atomic mass is 35.5. The highest BCUT2D eigenvalue weighted by molar-refractivity contribution is 6.30. The Morgan fingerprint density at radius 3 is 2.94 bits per heavy atom. The predicted molar refractivity (Wildman–Crippen MR) is 129 cm³/mol. The van der Waals surface area contributed by atoms with Gasteiger partial charge in [0.1, 0.15) is 11.0 Å². The smallest absolute Gasteiger partial charge is 0.320 e. The lowest BCUT2D eigenvalue weighted by atomic mass is 10.2. The van der Waals surface area contributed by atoms with E-state index in [4.69, 9.17) is 17.0 Å². The first-order valence-corrected chi connectivity index (χ1v) is 11.0. The van der Waals surface area contributed by atoms with E-state index in [1.165, 1.54) is 6.21 Å². The van der Waals surface area contributed by atoms with Gasteiger partial charge in [0.25, 0.3) is 0 Å². The van der Waals surface area contributed by atoms with Crippen LogP contribution in [0.2, 0.25) is 5.15 Å². The lowest BCUT2D eigenvalue weighted by Gasteiger charge is -2.17. The van der Waals surface area contributed by atoms with Crippen molar-refractivity contribution in [2.45, 2.75) is 25.9 Å². The van der Waals surface area contributed by atoms with E-state index in [9.17, 15) is 4.79 Å². The van der Waals surface area contributed by atoms with E-state index >= 15 is 0 Å². The maximum Gasteiger partial charge on any atom is 0.320 e. The fourth-order valence-corrected chi connectivity index (χ4v) is 3.93. The van der Waals surface area contributed by atoms with Crippen molar-refractivity contribution >= 4 is 41.0 Å². The number of likely N-dealkylation sites (tertiary alicyclic amines) is 1. The Kier molecular flexibility index (Phi) is 7.11. The summed E-state index contributed by atoms with van der Waals surface area (Å²) in [6, 6.07) is 8.94. The summed E-state index contributed by atoms with van der Waals surface area (Å²) in [4.78, 5) is 27.3. The average molecular weight is 465 g/mol. The molecule has 1 saturated heterocycles. The average Bonchev–Trinajstić information content (AvgIpc) is 3.23. The van der Waals surface area contributed by atoms with Gasteiger partial charge in [0.05, 0.1) is 11.9 Å². The van der Waals surface area contributed by atoms with Crippen molar-refractivity contribution in [3.63, 3.8) is 0 Å². The van der Waals surface area contributed by atoms with E-state index in [1.54, 1.807) is 24.7 Å². The fraction of sp³-hybridized carbons (Fsp3) is 0.261. The fourth-order valence-electron chi connectivity index (χ4n) is 3.75. The van der Waals surface area contributed by atoms with Gasteiger partial charge < -0.3 is 16.0 Å². The monoisotopic (exact) mass is 464 g/mol. The molecule has 0 spiro atoms. The molecular formula is C23H25ClN8O. The largest absolute Gasteiger partial charge is 0.354 e. The number of halogens is 1. The number of nitrogens with one attached hydrogen (secondary N) is 4. The summed E-state index contributed by atoms with van der Waals surface area (Å²) >= 11 is 6.15. The number of pyridine rings is 3. The van der Waals surface area contributed by atoms with Crippen LogP contribution in [0.4, 0.5) is 22.0 Å². The van der Waals surface area contributed by atoms with Crippen molar-refractivity contribution in [1.82, 2.24) is 25.2 Å². The molecule has 1 fully saturated rings. The zero-order chi connectivity index (χ0) is 23.2. The number of aryl methyl sites for hydroxylation is 1. The minimum Gasteiger partial charge on any atom is -0.354 e. The lowest BCUT2D eigenvalue weighted by Crippen LogP contribution is -2.39. The molecule has 3 aromatic heterocycles. The van der Waals surface area contributed by atoms with Crippen molar-refractivity contribution in [3.05, 3.63) is 70.9 Å². The van der Waals surface area contributed by atoms with Gasteiger partial charge in [-0.05, 0) is 37.6 Å². The third-order valence-corrected chi connectivity index (χ3v) is 5.69. The molecule has 1 aliphatic rings. The predicted octanol–water partition coefficient (Wildman–Crippen LogP) is 3.97. The second kappa shape index (κ2) is 10.4. The van der Waals surface area contributed by atoms with Crippen LogP contribution in [0, 0.1) is 12.3 Å².